The molecule has 4 aliphatic rings. The highest BCUT2D eigenvalue weighted by atomic mass is 32.2. The van der Waals surface area contributed by atoms with E-state index in [0.717, 1.165) is 42.6 Å². The Kier molecular flexibility index (Phi) is 7.19. The van der Waals surface area contributed by atoms with E-state index < -0.39 is 22.8 Å². The Morgan fingerprint density at radius 1 is 1.14 bits per heavy atom. The van der Waals surface area contributed by atoms with Gasteiger partial charge in [-0.05, 0) is 67.2 Å². The van der Waals surface area contributed by atoms with Gasteiger partial charge in [0, 0.05) is 60.6 Å². The van der Waals surface area contributed by atoms with Crippen LogP contribution in [-0.4, -0.2) is 67.0 Å². The first-order valence-electron chi connectivity index (χ1n) is 11.8. The zero-order valence-electron chi connectivity index (χ0n) is 20.3. The van der Waals surface area contributed by atoms with Crippen molar-refractivity contribution in [3.63, 3.8) is 0 Å². The molecular weight excluding hydrogens is 502 g/mol. The van der Waals surface area contributed by atoms with E-state index in [2.05, 4.69) is 10.4 Å². The number of hydroxylamine groups is 2. The normalized spacial score (nSPS) is 25.0. The molecule has 2 saturated carbocycles. The van der Waals surface area contributed by atoms with Crippen LogP contribution in [0, 0.1) is 22.6 Å². The van der Waals surface area contributed by atoms with E-state index in [9.17, 15) is 21.8 Å². The summed E-state index contributed by atoms with van der Waals surface area (Å²) in [5.74, 6) is -0.431. The zero-order chi connectivity index (χ0) is 25.2. The van der Waals surface area contributed by atoms with E-state index in [-0.39, 0.29) is 22.8 Å². The highest BCUT2D eigenvalue weighted by Crippen LogP contribution is 2.53. The highest BCUT2D eigenvalue weighted by molar-refractivity contribution is 7.84. The first-order valence-corrected chi connectivity index (χ1v) is 13.4. The fourth-order valence-corrected chi connectivity index (χ4v) is 6.85. The molecule has 0 amide bonds. The molecule has 1 unspecified atom stereocenters. The van der Waals surface area contributed by atoms with Gasteiger partial charge in [-0.1, -0.05) is 0 Å². The molecule has 13 heteroatoms. The predicted octanol–water partition coefficient (Wildman–Crippen LogP) is 2.55. The summed E-state index contributed by atoms with van der Waals surface area (Å²) < 4.78 is 63.0. The van der Waals surface area contributed by atoms with Crippen LogP contribution in [0.5, 0.6) is 0 Å². The molecule has 1 aromatic heterocycles. The Morgan fingerprint density at radius 2 is 1.78 bits per heavy atom. The lowest BCUT2D eigenvalue weighted by Crippen LogP contribution is -2.62. The molecule has 4 fully saturated rings. The standard InChI is InChI=1S/C14H18FNOS.C9H13F3N4O.H2O/c1-18(17)13-4-10(3-12(15)5-13)2-11-6-14(7-11)8-16-9-14;1-14-7(9(10,11)12)13-16(14)6-2-8(3-6)4-15(17)5-8;/h3-5,11,16H,2,6-9H2,1H3;6,17H,2-5H2,1H3;1H2. The van der Waals surface area contributed by atoms with E-state index in [0.29, 0.717) is 29.3 Å². The van der Waals surface area contributed by atoms with Crippen LogP contribution in [0.15, 0.2) is 23.1 Å². The van der Waals surface area contributed by atoms with Crippen LogP contribution < -0.4 is 5.32 Å². The second-order valence-corrected chi connectivity index (χ2v) is 12.4. The number of hydrogen-bond acceptors (Lipinski definition) is 5. The van der Waals surface area contributed by atoms with Crippen LogP contribution in [0.3, 0.4) is 0 Å². The highest BCUT2D eigenvalue weighted by Gasteiger charge is 2.54. The van der Waals surface area contributed by atoms with Crippen LogP contribution in [-0.2, 0) is 30.4 Å². The molecule has 2 aliphatic carbocycles. The largest absolute Gasteiger partial charge is 0.453 e. The molecule has 3 heterocycles. The Balaban J connectivity index is 0.000000165. The summed E-state index contributed by atoms with van der Waals surface area (Å²) in [5, 5.41) is 17.1. The minimum absolute atomic E-state index is 0. The third-order valence-electron chi connectivity index (χ3n) is 8.00. The van der Waals surface area contributed by atoms with Crippen molar-refractivity contribution in [1.82, 2.24) is 25.0 Å². The maximum atomic E-state index is 13.4. The fourth-order valence-electron chi connectivity index (χ4n) is 6.26. The molecule has 0 bridgehead atoms. The number of nitrogens with zero attached hydrogens (tertiary/aromatic N) is 4. The van der Waals surface area contributed by atoms with Crippen molar-refractivity contribution in [3.05, 3.63) is 35.4 Å². The zero-order valence-corrected chi connectivity index (χ0v) is 21.1. The number of alkyl halides is 3. The Hall–Kier alpha value is -1.80. The van der Waals surface area contributed by atoms with Crippen LogP contribution in [0.2, 0.25) is 0 Å². The number of nitrogens with one attached hydrogen (secondary N) is 1. The third kappa shape index (κ3) is 5.13. The molecule has 2 saturated heterocycles. The molecule has 36 heavy (non-hydrogen) atoms. The first kappa shape index (κ1) is 27.2. The monoisotopic (exact) mass is 535 g/mol. The van der Waals surface area contributed by atoms with Gasteiger partial charge < -0.3 is 16.0 Å². The summed E-state index contributed by atoms with van der Waals surface area (Å²) in [6, 6.07) is 4.89. The number of rotatable bonds is 4. The number of aromatic nitrogens is 3. The van der Waals surface area contributed by atoms with Gasteiger partial charge in [0.25, 0.3) is 5.82 Å². The topological polar surface area (TPSA) is 107 Å². The van der Waals surface area contributed by atoms with Gasteiger partial charge in [0.05, 0.1) is 6.04 Å². The summed E-state index contributed by atoms with van der Waals surface area (Å²) in [6.07, 6.45) is 2.24. The maximum Gasteiger partial charge on any atom is 0.453 e. The van der Waals surface area contributed by atoms with E-state index in [1.54, 1.807) is 12.3 Å². The average molecular weight is 536 g/mol. The van der Waals surface area contributed by atoms with Crippen LogP contribution in [0.1, 0.15) is 43.1 Å². The van der Waals surface area contributed by atoms with E-state index >= 15 is 0 Å². The first-order chi connectivity index (χ1) is 16.4. The van der Waals surface area contributed by atoms with E-state index in [4.69, 9.17) is 5.21 Å². The van der Waals surface area contributed by atoms with Crippen molar-refractivity contribution < 1.29 is 32.5 Å². The smallest absolute Gasteiger partial charge is 0.412 e. The molecule has 1 aromatic carbocycles. The molecule has 6 rings (SSSR count). The molecule has 2 aliphatic heterocycles. The number of benzene rings is 1. The Labute approximate surface area is 209 Å². The molecule has 8 nitrogen and oxygen atoms in total. The molecule has 0 radical (unpaired) electrons. The second kappa shape index (κ2) is 9.50. The SMILES string of the molecule is CS(=O)c1cc(F)cc(CC2CC3(CNC3)C2)c1.Cn1c(C(F)(F)F)nn1C1CC2(C1)CN(O)C2.O. The van der Waals surface area contributed by atoms with Crippen LogP contribution >= 0.6 is 0 Å². The van der Waals surface area contributed by atoms with E-state index in [1.165, 1.54) is 35.8 Å². The summed E-state index contributed by atoms with van der Waals surface area (Å²) >= 11 is 0. The van der Waals surface area contributed by atoms with Gasteiger partial charge in [0.1, 0.15) is 5.82 Å². The summed E-state index contributed by atoms with van der Waals surface area (Å²) in [5.41, 5.74) is 1.67. The van der Waals surface area contributed by atoms with Crippen LogP contribution in [0.4, 0.5) is 17.6 Å². The lowest BCUT2D eigenvalue weighted by atomic mass is 9.57. The van der Waals surface area contributed by atoms with Crippen molar-refractivity contribution in [2.45, 2.75) is 49.2 Å². The number of hydrogen-bond donors (Lipinski definition) is 2. The molecular formula is C23H33F4N5O3S. The van der Waals surface area contributed by atoms with Crippen molar-refractivity contribution >= 4 is 10.8 Å². The van der Waals surface area contributed by atoms with Gasteiger partial charge in [-0.25, -0.2) is 9.07 Å². The van der Waals surface area contributed by atoms with Crippen molar-refractivity contribution in [2.75, 3.05) is 32.4 Å². The second-order valence-electron chi connectivity index (χ2n) is 11.0. The Morgan fingerprint density at radius 3 is 2.25 bits per heavy atom. The van der Waals surface area contributed by atoms with Crippen molar-refractivity contribution in [1.29, 1.82) is 0 Å². The van der Waals surface area contributed by atoms with Crippen molar-refractivity contribution in [3.8, 4) is 0 Å². The third-order valence-corrected chi connectivity index (χ3v) is 8.89. The number of halogens is 4. The lowest BCUT2D eigenvalue weighted by Gasteiger charge is -2.57. The predicted molar refractivity (Wildman–Crippen MR) is 124 cm³/mol. The lowest BCUT2D eigenvalue weighted by molar-refractivity contribution is -0.243. The van der Waals surface area contributed by atoms with Gasteiger partial charge in [-0.15, -0.1) is 5.10 Å². The van der Waals surface area contributed by atoms with Gasteiger partial charge in [0.2, 0.25) is 0 Å². The van der Waals surface area contributed by atoms with Gasteiger partial charge in [-0.2, -0.15) is 23.0 Å². The summed E-state index contributed by atoms with van der Waals surface area (Å²) in [7, 11) is 0.271. The van der Waals surface area contributed by atoms with E-state index in [1.807, 2.05) is 6.07 Å². The van der Waals surface area contributed by atoms with Crippen LogP contribution in [0.25, 0.3) is 0 Å². The summed E-state index contributed by atoms with van der Waals surface area (Å²) in [4.78, 5) is 2.00. The average Bonchev–Trinajstić information content (AvgIpc) is 2.63. The molecule has 2 spiro atoms. The Bertz CT molecular complexity index is 1110. The molecule has 202 valence electrons. The summed E-state index contributed by atoms with van der Waals surface area (Å²) in [6.45, 7) is 3.54. The van der Waals surface area contributed by atoms with Gasteiger partial charge >= 0.3 is 6.18 Å². The minimum Gasteiger partial charge on any atom is -0.412 e. The van der Waals surface area contributed by atoms with Crippen molar-refractivity contribution in [2.24, 2.45) is 23.8 Å². The van der Waals surface area contributed by atoms with Gasteiger partial charge in [-0.3, -0.25) is 4.21 Å². The maximum absolute atomic E-state index is 13.4. The quantitative estimate of drug-likeness (QED) is 0.586. The molecule has 4 N–H and O–H groups in total. The molecule has 1 atom stereocenters. The molecule has 2 aromatic rings. The fraction of sp³-hybridized carbons (Fsp3) is 0.696. The minimum atomic E-state index is -4.37. The van der Waals surface area contributed by atoms with Gasteiger partial charge in [0.15, 0.2) is 0 Å².